The van der Waals surface area contributed by atoms with Gasteiger partial charge in [0.05, 0.1) is 27.7 Å². The molecular weight excluding hydrogens is 709 g/mol. The van der Waals surface area contributed by atoms with Crippen molar-refractivity contribution in [3.8, 4) is 0 Å². The molecule has 0 aliphatic carbocycles. The molecule has 0 bridgehead atoms. The molecule has 0 amide bonds. The predicted octanol–water partition coefficient (Wildman–Crippen LogP) is 11.0. The van der Waals surface area contributed by atoms with E-state index in [0.29, 0.717) is 17.4 Å². The zero-order chi connectivity index (χ0) is 40.2. The second kappa shape index (κ2) is 35.8. The number of carbonyl (C=O) groups excluding carboxylic acids is 2. The Morgan fingerprint density at radius 2 is 1.19 bits per heavy atom. The van der Waals surface area contributed by atoms with Crippen LogP contribution in [0.2, 0.25) is 0 Å². The first-order valence-electron chi connectivity index (χ1n) is 21.3. The predicted molar refractivity (Wildman–Crippen MR) is 218 cm³/mol. The Morgan fingerprint density at radius 1 is 0.667 bits per heavy atom. The van der Waals surface area contributed by atoms with Crippen LogP contribution in [-0.2, 0) is 37.6 Å². The van der Waals surface area contributed by atoms with Gasteiger partial charge in [0.1, 0.15) is 25.9 Å². The first-order chi connectivity index (χ1) is 25.9. The quantitative estimate of drug-likeness (QED) is 0.0118. The molecule has 0 aromatic rings. The number of nitrogens with zero attached hydrogens (tertiary/aromatic N) is 1. The standard InChI is InChI=1S/C42H80NO10P/c1-6-8-10-11-12-13-14-15-16-19-22-25-29-33-41(44)49-37-40(38-51-54(47,48)50-36-35-43(3,4)5)52-42(45)34-30-26-23-20-17-18-21-24-28-32-39(53-46)31-27-9-7-2/h21,24,28,32,39-40H,6-20,22-23,25-27,29-31,33-38H2,1-5H3,(H-,46,47,48)/p+1/b24-21+,32-28+/t39-,40+/m0/s1. The van der Waals surface area contributed by atoms with Crippen molar-refractivity contribution in [2.24, 2.45) is 0 Å². The minimum Gasteiger partial charge on any atom is -0.462 e. The number of quaternary nitrogens is 1. The van der Waals surface area contributed by atoms with Gasteiger partial charge < -0.3 is 18.9 Å². The summed E-state index contributed by atoms with van der Waals surface area (Å²) in [6, 6.07) is 0. The summed E-state index contributed by atoms with van der Waals surface area (Å²) in [5.74, 6) is -0.855. The summed E-state index contributed by atoms with van der Waals surface area (Å²) in [4.78, 5) is 39.8. The van der Waals surface area contributed by atoms with Gasteiger partial charge in [-0.3, -0.25) is 23.9 Å². The minimum atomic E-state index is -4.39. The van der Waals surface area contributed by atoms with Crippen LogP contribution in [0.25, 0.3) is 0 Å². The first-order valence-corrected chi connectivity index (χ1v) is 22.8. The molecule has 0 aromatic carbocycles. The highest BCUT2D eigenvalue weighted by atomic mass is 31.2. The van der Waals surface area contributed by atoms with E-state index < -0.39 is 26.5 Å². The second-order valence-corrected chi connectivity index (χ2v) is 17.1. The summed E-state index contributed by atoms with van der Waals surface area (Å²) in [5, 5.41) is 9.02. The number of hydrogen-bond donors (Lipinski definition) is 2. The zero-order valence-electron chi connectivity index (χ0n) is 35.0. The van der Waals surface area contributed by atoms with Crippen molar-refractivity contribution in [2.75, 3.05) is 47.5 Å². The van der Waals surface area contributed by atoms with Gasteiger partial charge in [-0.25, -0.2) is 9.45 Å². The third-order valence-corrected chi connectivity index (χ3v) is 10.2. The van der Waals surface area contributed by atoms with Crippen LogP contribution in [-0.4, -0.2) is 86.3 Å². The van der Waals surface area contributed by atoms with Gasteiger partial charge in [-0.15, -0.1) is 0 Å². The van der Waals surface area contributed by atoms with Crippen molar-refractivity contribution in [3.05, 3.63) is 24.3 Å². The molecule has 0 saturated carbocycles. The van der Waals surface area contributed by atoms with Crippen molar-refractivity contribution in [3.63, 3.8) is 0 Å². The summed E-state index contributed by atoms with van der Waals surface area (Å²) >= 11 is 0. The van der Waals surface area contributed by atoms with Crippen LogP contribution < -0.4 is 0 Å². The van der Waals surface area contributed by atoms with Crippen LogP contribution in [0.5, 0.6) is 0 Å². The molecule has 0 heterocycles. The van der Waals surface area contributed by atoms with Gasteiger partial charge in [0.2, 0.25) is 0 Å². The topological polar surface area (TPSA) is 138 Å². The Morgan fingerprint density at radius 3 is 1.74 bits per heavy atom. The fourth-order valence-corrected chi connectivity index (χ4v) is 6.50. The molecule has 0 spiro atoms. The number of esters is 2. The minimum absolute atomic E-state index is 0.0167. The van der Waals surface area contributed by atoms with Crippen molar-refractivity contribution >= 4 is 19.8 Å². The van der Waals surface area contributed by atoms with Gasteiger partial charge in [-0.05, 0) is 32.1 Å². The normalized spacial score (nSPS) is 14.4. The molecule has 0 rings (SSSR count). The third kappa shape index (κ3) is 37.3. The van der Waals surface area contributed by atoms with Crippen LogP contribution >= 0.6 is 7.82 Å². The summed E-state index contributed by atoms with van der Waals surface area (Å²) in [6.07, 6.45) is 32.5. The van der Waals surface area contributed by atoms with Gasteiger partial charge in [0.15, 0.2) is 6.10 Å². The van der Waals surface area contributed by atoms with Gasteiger partial charge in [-0.1, -0.05) is 154 Å². The van der Waals surface area contributed by atoms with E-state index in [2.05, 4.69) is 24.8 Å². The summed E-state index contributed by atoms with van der Waals surface area (Å²) in [6.45, 7) is 4.22. The fraction of sp³-hybridized carbons (Fsp3) is 0.857. The molecule has 1 unspecified atom stereocenters. The highest BCUT2D eigenvalue weighted by molar-refractivity contribution is 7.47. The molecule has 0 aliphatic heterocycles. The average molecular weight is 791 g/mol. The van der Waals surface area contributed by atoms with Crippen molar-refractivity contribution in [1.29, 1.82) is 0 Å². The molecule has 318 valence electrons. The smallest absolute Gasteiger partial charge is 0.462 e. The maximum absolute atomic E-state index is 12.7. The maximum atomic E-state index is 12.7. The lowest BCUT2D eigenvalue weighted by atomic mass is 10.0. The average Bonchev–Trinajstić information content (AvgIpc) is 3.12. The first kappa shape index (κ1) is 52.4. The maximum Gasteiger partial charge on any atom is 0.472 e. The molecule has 0 aliphatic rings. The summed E-state index contributed by atoms with van der Waals surface area (Å²) < 4.78 is 34.2. The molecule has 0 aromatic heterocycles. The van der Waals surface area contributed by atoms with E-state index in [1.807, 2.05) is 39.4 Å². The van der Waals surface area contributed by atoms with Crippen LogP contribution in [0.3, 0.4) is 0 Å². The van der Waals surface area contributed by atoms with Crippen molar-refractivity contribution in [1.82, 2.24) is 0 Å². The number of likely N-dealkylation sites (N-methyl/N-ethyl adjacent to an activating group) is 1. The van der Waals surface area contributed by atoms with Crippen LogP contribution in [0.1, 0.15) is 174 Å². The molecular formula is C42H81NO10P+. The van der Waals surface area contributed by atoms with Gasteiger partial charge in [0, 0.05) is 12.8 Å². The largest absolute Gasteiger partial charge is 0.472 e. The van der Waals surface area contributed by atoms with E-state index in [1.165, 1.54) is 64.2 Å². The van der Waals surface area contributed by atoms with E-state index in [1.54, 1.807) is 0 Å². The SMILES string of the molecule is CCCCCCCCCCCCCCCC(=O)OC[C@H](COP(=O)(O)OCC[N+](C)(C)C)OC(=O)CCCCCCC/C=C/C=C/[C@H](CCCCC)OO. The van der Waals surface area contributed by atoms with Crippen LogP contribution in [0.4, 0.5) is 0 Å². The molecule has 3 atom stereocenters. The highest BCUT2D eigenvalue weighted by Gasteiger charge is 2.27. The molecule has 12 heteroatoms. The number of ether oxygens (including phenoxy) is 2. The monoisotopic (exact) mass is 791 g/mol. The van der Waals surface area contributed by atoms with Crippen LogP contribution in [0.15, 0.2) is 24.3 Å². The van der Waals surface area contributed by atoms with E-state index in [9.17, 15) is 19.0 Å². The van der Waals surface area contributed by atoms with Gasteiger partial charge >= 0.3 is 19.8 Å². The van der Waals surface area contributed by atoms with Crippen LogP contribution in [0, 0.1) is 0 Å². The summed E-state index contributed by atoms with van der Waals surface area (Å²) in [7, 11) is 1.42. The molecule has 0 radical (unpaired) electrons. The fourth-order valence-electron chi connectivity index (χ4n) is 5.76. The molecule has 54 heavy (non-hydrogen) atoms. The van der Waals surface area contributed by atoms with Crippen molar-refractivity contribution in [2.45, 2.75) is 187 Å². The van der Waals surface area contributed by atoms with E-state index >= 15 is 0 Å². The lowest BCUT2D eigenvalue weighted by molar-refractivity contribution is -0.870. The molecule has 2 N–H and O–H groups in total. The zero-order valence-corrected chi connectivity index (χ0v) is 35.9. The van der Waals surface area contributed by atoms with E-state index in [4.69, 9.17) is 23.8 Å². The van der Waals surface area contributed by atoms with Crippen molar-refractivity contribution < 1.29 is 52.2 Å². The highest BCUT2D eigenvalue weighted by Crippen LogP contribution is 2.43. The lowest BCUT2D eigenvalue weighted by Gasteiger charge is -2.24. The Hall–Kier alpha value is -1.59. The Bertz CT molecular complexity index is 1000. The Kier molecular flexibility index (Phi) is 34.7. The number of rotatable bonds is 39. The number of allylic oxidation sites excluding steroid dienone is 3. The Labute approximate surface area is 329 Å². The Balaban J connectivity index is 4.48. The molecule has 11 nitrogen and oxygen atoms in total. The second-order valence-electron chi connectivity index (χ2n) is 15.7. The molecule has 0 saturated heterocycles. The number of unbranched alkanes of at least 4 members (excludes halogenated alkanes) is 19. The third-order valence-electron chi connectivity index (χ3n) is 9.21. The van der Waals surface area contributed by atoms with Gasteiger partial charge in [0.25, 0.3) is 0 Å². The number of hydrogen-bond acceptors (Lipinski definition) is 9. The lowest BCUT2D eigenvalue weighted by Crippen LogP contribution is -2.37. The number of phosphoric ester groups is 1. The summed E-state index contributed by atoms with van der Waals surface area (Å²) in [5.41, 5.74) is 0. The molecule has 0 fully saturated rings. The number of phosphoric acid groups is 1. The van der Waals surface area contributed by atoms with E-state index in [0.717, 1.165) is 77.0 Å². The van der Waals surface area contributed by atoms with Gasteiger partial charge in [-0.2, -0.15) is 0 Å². The van der Waals surface area contributed by atoms with E-state index in [-0.39, 0.29) is 38.1 Å². The number of carbonyl (C=O) groups is 2.